The van der Waals surface area contributed by atoms with Crippen molar-refractivity contribution in [1.82, 2.24) is 9.97 Å². The number of hydrogen-bond donors (Lipinski definition) is 1. The Morgan fingerprint density at radius 3 is 2.53 bits per heavy atom. The van der Waals surface area contributed by atoms with Crippen LogP contribution in [-0.2, 0) is 0 Å². The van der Waals surface area contributed by atoms with E-state index in [9.17, 15) is 10.1 Å². The van der Waals surface area contributed by atoms with Crippen LogP contribution in [0.4, 0.5) is 11.6 Å². The molecule has 0 bridgehead atoms. The van der Waals surface area contributed by atoms with Crippen LogP contribution in [0.5, 0.6) is 5.75 Å². The van der Waals surface area contributed by atoms with E-state index in [-0.39, 0.29) is 5.69 Å². The highest BCUT2D eigenvalue weighted by molar-refractivity contribution is 5.30. The monoisotopic (exact) mass is 260 g/mol. The lowest BCUT2D eigenvalue weighted by atomic mass is 10.3. The molecule has 0 aliphatic rings. The number of benzene rings is 1. The molecule has 0 spiro atoms. The van der Waals surface area contributed by atoms with Gasteiger partial charge in [0.15, 0.2) is 0 Å². The molecule has 7 nitrogen and oxygen atoms in total. The highest BCUT2D eigenvalue weighted by Crippen LogP contribution is 2.09. The molecule has 1 aromatic carbocycles. The van der Waals surface area contributed by atoms with Gasteiger partial charge in [-0.1, -0.05) is 18.2 Å². The van der Waals surface area contributed by atoms with Crippen molar-refractivity contribution in [3.63, 3.8) is 0 Å². The van der Waals surface area contributed by atoms with Crippen molar-refractivity contribution in [3.05, 3.63) is 52.8 Å². The van der Waals surface area contributed by atoms with Gasteiger partial charge < -0.3 is 10.1 Å². The Kier molecular flexibility index (Phi) is 4.22. The van der Waals surface area contributed by atoms with E-state index in [1.807, 2.05) is 30.3 Å². The molecule has 0 saturated carbocycles. The van der Waals surface area contributed by atoms with Crippen LogP contribution >= 0.6 is 0 Å². The highest BCUT2D eigenvalue weighted by atomic mass is 16.6. The molecule has 0 aliphatic carbocycles. The zero-order chi connectivity index (χ0) is 13.5. The number of nitro groups is 1. The SMILES string of the molecule is O=[N+]([O-])c1cnc(NCCOc2ccccc2)nc1. The molecule has 0 unspecified atom stereocenters. The van der Waals surface area contributed by atoms with Crippen molar-refractivity contribution < 1.29 is 9.66 Å². The fourth-order valence-corrected chi connectivity index (χ4v) is 1.36. The maximum Gasteiger partial charge on any atom is 0.305 e. The average Bonchev–Trinajstić information content (AvgIpc) is 2.45. The summed E-state index contributed by atoms with van der Waals surface area (Å²) in [4.78, 5) is 17.5. The molecule has 1 heterocycles. The van der Waals surface area contributed by atoms with Crippen LogP contribution in [0, 0.1) is 10.1 Å². The average molecular weight is 260 g/mol. The second kappa shape index (κ2) is 6.29. The second-order valence-corrected chi connectivity index (χ2v) is 3.61. The highest BCUT2D eigenvalue weighted by Gasteiger charge is 2.05. The molecular formula is C12H12N4O3. The molecule has 7 heteroatoms. The first-order valence-electron chi connectivity index (χ1n) is 5.64. The first-order valence-corrected chi connectivity index (χ1v) is 5.64. The van der Waals surface area contributed by atoms with Crippen molar-refractivity contribution in [3.8, 4) is 5.75 Å². The predicted molar refractivity (Wildman–Crippen MR) is 69.1 cm³/mol. The molecule has 1 aromatic heterocycles. The zero-order valence-corrected chi connectivity index (χ0v) is 10.0. The largest absolute Gasteiger partial charge is 0.492 e. The van der Waals surface area contributed by atoms with Crippen LogP contribution < -0.4 is 10.1 Å². The van der Waals surface area contributed by atoms with Crippen molar-refractivity contribution in [1.29, 1.82) is 0 Å². The number of rotatable bonds is 6. The Morgan fingerprint density at radius 1 is 1.21 bits per heavy atom. The summed E-state index contributed by atoms with van der Waals surface area (Å²) in [5.41, 5.74) is -0.133. The van der Waals surface area contributed by atoms with Gasteiger partial charge in [-0.3, -0.25) is 10.1 Å². The first kappa shape index (κ1) is 12.7. The summed E-state index contributed by atoms with van der Waals surface area (Å²) in [5.74, 6) is 1.12. The third-order valence-electron chi connectivity index (χ3n) is 2.25. The van der Waals surface area contributed by atoms with Crippen molar-refractivity contribution in [2.24, 2.45) is 0 Å². The van der Waals surface area contributed by atoms with Gasteiger partial charge in [0.05, 0.1) is 11.5 Å². The summed E-state index contributed by atoms with van der Waals surface area (Å²) >= 11 is 0. The van der Waals surface area contributed by atoms with Crippen LogP contribution in [0.15, 0.2) is 42.7 Å². The van der Waals surface area contributed by atoms with E-state index in [0.717, 1.165) is 18.1 Å². The second-order valence-electron chi connectivity index (χ2n) is 3.61. The van der Waals surface area contributed by atoms with Crippen molar-refractivity contribution in [2.45, 2.75) is 0 Å². The van der Waals surface area contributed by atoms with Gasteiger partial charge in [-0.05, 0) is 12.1 Å². The standard InChI is InChI=1S/C12H12N4O3/c17-16(18)10-8-14-12(15-9-10)13-6-7-19-11-4-2-1-3-5-11/h1-5,8-9H,6-7H2,(H,13,14,15). The molecule has 0 saturated heterocycles. The molecule has 2 rings (SSSR count). The van der Waals surface area contributed by atoms with E-state index in [2.05, 4.69) is 15.3 Å². The molecule has 1 N–H and O–H groups in total. The molecular weight excluding hydrogens is 248 g/mol. The predicted octanol–water partition coefficient (Wildman–Crippen LogP) is 1.88. The Balaban J connectivity index is 1.75. The van der Waals surface area contributed by atoms with Crippen LogP contribution in [0.3, 0.4) is 0 Å². The summed E-state index contributed by atoms with van der Waals surface area (Å²) in [7, 11) is 0. The van der Waals surface area contributed by atoms with Crippen LogP contribution in [-0.4, -0.2) is 28.0 Å². The Labute approximate surface area is 109 Å². The molecule has 0 fully saturated rings. The number of hydrogen-bond acceptors (Lipinski definition) is 6. The van der Waals surface area contributed by atoms with Crippen molar-refractivity contribution in [2.75, 3.05) is 18.5 Å². The normalized spacial score (nSPS) is 9.89. The number of anilines is 1. The number of aromatic nitrogens is 2. The Morgan fingerprint density at radius 2 is 1.89 bits per heavy atom. The number of nitrogens with one attached hydrogen (secondary N) is 1. The Hall–Kier alpha value is -2.70. The zero-order valence-electron chi connectivity index (χ0n) is 10.0. The van der Waals surface area contributed by atoms with Crippen molar-refractivity contribution >= 4 is 11.6 Å². The topological polar surface area (TPSA) is 90.2 Å². The van der Waals surface area contributed by atoms with E-state index < -0.39 is 4.92 Å². The van der Waals surface area contributed by atoms with Gasteiger partial charge in [-0.15, -0.1) is 0 Å². The lowest BCUT2D eigenvalue weighted by molar-refractivity contribution is -0.385. The minimum absolute atomic E-state index is 0.133. The molecule has 0 radical (unpaired) electrons. The summed E-state index contributed by atoms with van der Waals surface area (Å²) in [6, 6.07) is 9.42. The minimum Gasteiger partial charge on any atom is -0.492 e. The summed E-state index contributed by atoms with van der Waals surface area (Å²) in [6.45, 7) is 0.955. The molecule has 0 aliphatic heterocycles. The third-order valence-corrected chi connectivity index (χ3v) is 2.25. The van der Waals surface area contributed by atoms with Gasteiger partial charge in [0, 0.05) is 0 Å². The molecule has 2 aromatic rings. The van der Waals surface area contributed by atoms with Gasteiger partial charge in [0.25, 0.3) is 0 Å². The Bertz CT molecular complexity index is 530. The van der Waals surface area contributed by atoms with Gasteiger partial charge >= 0.3 is 5.69 Å². The summed E-state index contributed by atoms with van der Waals surface area (Å²) < 4.78 is 5.46. The summed E-state index contributed by atoms with van der Waals surface area (Å²) in [6.07, 6.45) is 2.32. The van der Waals surface area contributed by atoms with E-state index in [1.165, 1.54) is 0 Å². The maximum absolute atomic E-state index is 10.4. The minimum atomic E-state index is -0.539. The number of para-hydroxylation sites is 1. The van der Waals surface area contributed by atoms with E-state index in [0.29, 0.717) is 19.1 Å². The van der Waals surface area contributed by atoms with Crippen LogP contribution in [0.2, 0.25) is 0 Å². The molecule has 0 amide bonds. The molecule has 0 atom stereocenters. The van der Waals surface area contributed by atoms with Gasteiger partial charge in [0.2, 0.25) is 5.95 Å². The molecule has 98 valence electrons. The first-order chi connectivity index (χ1) is 9.25. The lowest BCUT2D eigenvalue weighted by Crippen LogP contribution is -2.13. The van der Waals surface area contributed by atoms with Crippen LogP contribution in [0.25, 0.3) is 0 Å². The van der Waals surface area contributed by atoms with E-state index in [1.54, 1.807) is 0 Å². The van der Waals surface area contributed by atoms with Gasteiger partial charge in [-0.25, -0.2) is 9.97 Å². The van der Waals surface area contributed by atoms with E-state index >= 15 is 0 Å². The van der Waals surface area contributed by atoms with Gasteiger partial charge in [0.1, 0.15) is 24.8 Å². The maximum atomic E-state index is 10.4. The summed E-state index contributed by atoms with van der Waals surface area (Å²) in [5, 5.41) is 13.3. The fraction of sp³-hybridized carbons (Fsp3) is 0.167. The number of ether oxygens (including phenoxy) is 1. The number of nitrogens with zero attached hydrogens (tertiary/aromatic N) is 3. The lowest BCUT2D eigenvalue weighted by Gasteiger charge is -2.06. The third kappa shape index (κ3) is 3.91. The van der Waals surface area contributed by atoms with E-state index in [4.69, 9.17) is 4.74 Å². The van der Waals surface area contributed by atoms with Gasteiger partial charge in [-0.2, -0.15) is 0 Å². The fourth-order valence-electron chi connectivity index (χ4n) is 1.36. The molecule has 19 heavy (non-hydrogen) atoms. The smallest absolute Gasteiger partial charge is 0.305 e. The quantitative estimate of drug-likeness (QED) is 0.484. The van der Waals surface area contributed by atoms with Crippen LogP contribution in [0.1, 0.15) is 0 Å².